The Morgan fingerprint density at radius 1 is 1.20 bits per heavy atom. The van der Waals surface area contributed by atoms with Crippen molar-refractivity contribution in [2.24, 2.45) is 4.99 Å². The van der Waals surface area contributed by atoms with E-state index in [1.807, 2.05) is 6.92 Å². The molecule has 1 aromatic carbocycles. The van der Waals surface area contributed by atoms with Crippen LogP contribution in [0, 0.1) is 11.6 Å². The lowest BCUT2D eigenvalue weighted by Crippen LogP contribution is -2.40. The van der Waals surface area contributed by atoms with Crippen LogP contribution in [0.1, 0.15) is 32.3 Å². The summed E-state index contributed by atoms with van der Waals surface area (Å²) in [5, 5.41) is 6.46. The molecule has 0 radical (unpaired) electrons. The van der Waals surface area contributed by atoms with Crippen molar-refractivity contribution in [1.82, 2.24) is 15.5 Å². The summed E-state index contributed by atoms with van der Waals surface area (Å²) < 4.78 is 26.4. The summed E-state index contributed by atoms with van der Waals surface area (Å²) in [4.78, 5) is 7.13. The van der Waals surface area contributed by atoms with Gasteiger partial charge in [-0.3, -0.25) is 9.89 Å². The van der Waals surface area contributed by atoms with Crippen LogP contribution in [-0.2, 0) is 6.42 Å². The summed E-state index contributed by atoms with van der Waals surface area (Å²) >= 11 is 0. The highest BCUT2D eigenvalue weighted by Crippen LogP contribution is 2.16. The molecule has 142 valence electrons. The van der Waals surface area contributed by atoms with E-state index in [2.05, 4.69) is 27.4 Å². The molecule has 1 heterocycles. The maximum atomic E-state index is 13.2. The average molecular weight is 466 g/mol. The SMILES string of the molecule is CCNC(=NCC1CCCN1CC)NCCc1cc(F)cc(F)c1.I. The van der Waals surface area contributed by atoms with E-state index in [0.29, 0.717) is 24.6 Å². The van der Waals surface area contributed by atoms with E-state index in [1.54, 1.807) is 0 Å². The van der Waals surface area contributed by atoms with Crippen LogP contribution < -0.4 is 10.6 Å². The number of likely N-dealkylation sites (tertiary alicyclic amines) is 1. The zero-order valence-corrected chi connectivity index (χ0v) is 17.4. The number of rotatable bonds is 7. The molecule has 0 bridgehead atoms. The predicted octanol–water partition coefficient (Wildman–Crippen LogP) is 3.16. The zero-order chi connectivity index (χ0) is 17.4. The first-order valence-electron chi connectivity index (χ1n) is 8.83. The van der Waals surface area contributed by atoms with E-state index in [0.717, 1.165) is 38.2 Å². The van der Waals surface area contributed by atoms with Gasteiger partial charge in [-0.25, -0.2) is 8.78 Å². The fourth-order valence-corrected chi connectivity index (χ4v) is 3.14. The number of aliphatic imine (C=N–C) groups is 1. The molecule has 4 nitrogen and oxygen atoms in total. The molecule has 0 amide bonds. The molecular weight excluding hydrogens is 437 g/mol. The van der Waals surface area contributed by atoms with Crippen molar-refractivity contribution >= 4 is 29.9 Å². The fraction of sp³-hybridized carbons (Fsp3) is 0.611. The van der Waals surface area contributed by atoms with Crippen LogP contribution in [0.25, 0.3) is 0 Å². The molecule has 7 heteroatoms. The van der Waals surface area contributed by atoms with Crippen molar-refractivity contribution in [1.29, 1.82) is 0 Å². The van der Waals surface area contributed by atoms with Gasteiger partial charge in [0.2, 0.25) is 0 Å². The van der Waals surface area contributed by atoms with Crippen LogP contribution >= 0.6 is 24.0 Å². The molecule has 2 N–H and O–H groups in total. The van der Waals surface area contributed by atoms with Crippen molar-refractivity contribution in [3.63, 3.8) is 0 Å². The molecule has 1 aliphatic heterocycles. The van der Waals surface area contributed by atoms with Crippen LogP contribution in [0.5, 0.6) is 0 Å². The van der Waals surface area contributed by atoms with E-state index in [9.17, 15) is 8.78 Å². The highest BCUT2D eigenvalue weighted by Gasteiger charge is 2.22. The van der Waals surface area contributed by atoms with Gasteiger partial charge in [0.05, 0.1) is 6.54 Å². The van der Waals surface area contributed by atoms with Crippen LogP contribution in [0.2, 0.25) is 0 Å². The molecule has 0 saturated carbocycles. The van der Waals surface area contributed by atoms with Crippen molar-refractivity contribution in [2.45, 2.75) is 39.2 Å². The van der Waals surface area contributed by atoms with Crippen LogP contribution in [0.3, 0.4) is 0 Å². The van der Waals surface area contributed by atoms with Gasteiger partial charge >= 0.3 is 0 Å². The number of nitrogens with one attached hydrogen (secondary N) is 2. The predicted molar refractivity (Wildman–Crippen MR) is 110 cm³/mol. The quantitative estimate of drug-likeness (QED) is 0.369. The summed E-state index contributed by atoms with van der Waals surface area (Å²) in [7, 11) is 0. The van der Waals surface area contributed by atoms with E-state index < -0.39 is 11.6 Å². The third kappa shape index (κ3) is 7.43. The Kier molecular flexibility index (Phi) is 10.3. The number of halogens is 3. The molecule has 2 rings (SSSR count). The number of hydrogen-bond donors (Lipinski definition) is 2. The van der Waals surface area contributed by atoms with Crippen LogP contribution in [-0.4, -0.2) is 49.6 Å². The third-order valence-corrected chi connectivity index (χ3v) is 4.34. The Morgan fingerprint density at radius 2 is 1.92 bits per heavy atom. The average Bonchev–Trinajstić information content (AvgIpc) is 2.99. The van der Waals surface area contributed by atoms with E-state index >= 15 is 0 Å². The van der Waals surface area contributed by atoms with Crippen LogP contribution in [0.15, 0.2) is 23.2 Å². The zero-order valence-electron chi connectivity index (χ0n) is 15.0. The standard InChI is InChI=1S/C18H28F2N4.HI/c1-3-21-18(23-13-17-6-5-9-24(17)4-2)22-8-7-14-10-15(19)12-16(20)11-14;/h10-12,17H,3-9,13H2,1-2H3,(H2,21,22,23);1H. The monoisotopic (exact) mass is 466 g/mol. The molecule has 1 unspecified atom stereocenters. The molecule has 1 saturated heterocycles. The smallest absolute Gasteiger partial charge is 0.191 e. The van der Waals surface area contributed by atoms with Crippen molar-refractivity contribution in [3.8, 4) is 0 Å². The lowest BCUT2D eigenvalue weighted by molar-refractivity contribution is 0.273. The first-order chi connectivity index (χ1) is 11.6. The molecule has 0 aliphatic carbocycles. The Labute approximate surface area is 166 Å². The Hall–Kier alpha value is -0.960. The second-order valence-electron chi connectivity index (χ2n) is 6.10. The van der Waals surface area contributed by atoms with Gasteiger partial charge < -0.3 is 10.6 Å². The number of likely N-dealkylation sites (N-methyl/N-ethyl adjacent to an activating group) is 1. The van der Waals surface area contributed by atoms with Crippen molar-refractivity contribution < 1.29 is 8.78 Å². The number of hydrogen-bond acceptors (Lipinski definition) is 2. The summed E-state index contributed by atoms with van der Waals surface area (Å²) in [6, 6.07) is 4.14. The minimum atomic E-state index is -0.536. The largest absolute Gasteiger partial charge is 0.357 e. The highest BCUT2D eigenvalue weighted by molar-refractivity contribution is 14.0. The Morgan fingerprint density at radius 3 is 2.56 bits per heavy atom. The summed E-state index contributed by atoms with van der Waals surface area (Å²) in [6.45, 7) is 8.56. The fourth-order valence-electron chi connectivity index (χ4n) is 3.14. The molecule has 1 aliphatic rings. The van der Waals surface area contributed by atoms with Crippen molar-refractivity contribution in [3.05, 3.63) is 35.4 Å². The van der Waals surface area contributed by atoms with Crippen molar-refractivity contribution in [2.75, 3.05) is 32.7 Å². The third-order valence-electron chi connectivity index (χ3n) is 4.34. The number of guanidine groups is 1. The Balaban J connectivity index is 0.00000312. The van der Waals surface area contributed by atoms with Gasteiger partial charge in [0.1, 0.15) is 11.6 Å². The van der Waals surface area contributed by atoms with Gasteiger partial charge in [0, 0.05) is 25.2 Å². The summed E-state index contributed by atoms with van der Waals surface area (Å²) in [5.74, 6) is -0.310. The van der Waals surface area contributed by atoms with Gasteiger partial charge in [-0.2, -0.15) is 0 Å². The second-order valence-corrected chi connectivity index (χ2v) is 6.10. The topological polar surface area (TPSA) is 39.7 Å². The summed E-state index contributed by atoms with van der Waals surface area (Å²) in [6.07, 6.45) is 2.98. The highest BCUT2D eigenvalue weighted by atomic mass is 127. The second kappa shape index (κ2) is 11.6. The number of nitrogens with zero attached hydrogens (tertiary/aromatic N) is 2. The molecule has 25 heavy (non-hydrogen) atoms. The normalized spacial score (nSPS) is 18.1. The molecular formula is C18H29F2IN4. The minimum absolute atomic E-state index is 0. The lowest BCUT2D eigenvalue weighted by atomic mass is 10.1. The molecule has 1 aromatic rings. The maximum Gasteiger partial charge on any atom is 0.191 e. The maximum absolute atomic E-state index is 13.2. The lowest BCUT2D eigenvalue weighted by Gasteiger charge is -2.21. The molecule has 1 atom stereocenters. The van der Waals surface area contributed by atoms with Gasteiger partial charge in [-0.15, -0.1) is 24.0 Å². The van der Waals surface area contributed by atoms with Gasteiger partial charge in [0.25, 0.3) is 0 Å². The van der Waals surface area contributed by atoms with Crippen LogP contribution in [0.4, 0.5) is 8.78 Å². The first kappa shape index (κ1) is 22.1. The van der Waals surface area contributed by atoms with E-state index in [4.69, 9.17) is 0 Å². The molecule has 1 fully saturated rings. The van der Waals surface area contributed by atoms with E-state index in [1.165, 1.54) is 25.0 Å². The first-order valence-corrected chi connectivity index (χ1v) is 8.83. The number of benzene rings is 1. The van der Waals surface area contributed by atoms with Gasteiger partial charge in [-0.1, -0.05) is 6.92 Å². The summed E-state index contributed by atoms with van der Waals surface area (Å²) in [5.41, 5.74) is 0.642. The van der Waals surface area contributed by atoms with Gasteiger partial charge in [0.15, 0.2) is 5.96 Å². The Bertz CT molecular complexity index is 534. The van der Waals surface area contributed by atoms with E-state index in [-0.39, 0.29) is 24.0 Å². The molecule has 0 aromatic heterocycles. The molecule has 0 spiro atoms. The minimum Gasteiger partial charge on any atom is -0.357 e. The van der Waals surface area contributed by atoms with Gasteiger partial charge in [-0.05, 0) is 57.0 Å².